The summed E-state index contributed by atoms with van der Waals surface area (Å²) in [4.78, 5) is 35.2. The Hall–Kier alpha value is -3.39. The lowest BCUT2D eigenvalue weighted by atomic mass is 10.0. The van der Waals surface area contributed by atoms with Gasteiger partial charge in [-0.25, -0.2) is 9.59 Å². The van der Waals surface area contributed by atoms with Crippen molar-refractivity contribution in [1.82, 2.24) is 9.80 Å². The van der Waals surface area contributed by atoms with E-state index in [9.17, 15) is 4.79 Å². The van der Waals surface area contributed by atoms with Gasteiger partial charge in [0.25, 0.3) is 5.91 Å². The minimum Gasteiger partial charge on any atom is -0.497 e. The number of carbonyl (C=O) groups is 3. The number of piperazine rings is 1. The second-order valence-electron chi connectivity index (χ2n) is 7.34. The molecule has 2 aromatic rings. The zero-order chi connectivity index (χ0) is 23.0. The van der Waals surface area contributed by atoms with E-state index in [0.29, 0.717) is 0 Å². The van der Waals surface area contributed by atoms with Gasteiger partial charge in [-0.2, -0.15) is 0 Å². The van der Waals surface area contributed by atoms with E-state index in [0.717, 1.165) is 44.0 Å². The van der Waals surface area contributed by atoms with E-state index in [-0.39, 0.29) is 5.91 Å². The smallest absolute Gasteiger partial charge is 0.414 e. The summed E-state index contributed by atoms with van der Waals surface area (Å²) in [5.74, 6) is -2.77. The Bertz CT molecular complexity index is 906. The average molecular weight is 428 g/mol. The number of carboxylic acids is 2. The van der Waals surface area contributed by atoms with E-state index in [1.165, 1.54) is 16.7 Å². The van der Waals surface area contributed by atoms with Gasteiger partial charge < -0.3 is 19.8 Å². The van der Waals surface area contributed by atoms with Gasteiger partial charge in [-0.3, -0.25) is 9.69 Å². The minimum atomic E-state index is -1.82. The molecule has 0 unspecified atom stereocenters. The fourth-order valence-electron chi connectivity index (χ4n) is 3.29. The third kappa shape index (κ3) is 7.11. The SMILES string of the molecule is COc1ccc(C(=O)N2CCN(Cc3ccc(C)cc3C)CC2)cc1.O=C(O)C(=O)O. The van der Waals surface area contributed by atoms with E-state index >= 15 is 0 Å². The van der Waals surface area contributed by atoms with Crippen LogP contribution in [0.3, 0.4) is 0 Å². The Morgan fingerprint density at radius 2 is 1.48 bits per heavy atom. The van der Waals surface area contributed by atoms with Crippen LogP contribution in [0.2, 0.25) is 0 Å². The molecule has 0 spiro atoms. The maximum absolute atomic E-state index is 12.6. The van der Waals surface area contributed by atoms with Crippen molar-refractivity contribution in [2.75, 3.05) is 33.3 Å². The summed E-state index contributed by atoms with van der Waals surface area (Å²) in [6.45, 7) is 8.62. The molecule has 31 heavy (non-hydrogen) atoms. The fraction of sp³-hybridized carbons (Fsp3) is 0.348. The second kappa shape index (κ2) is 11.1. The highest BCUT2D eigenvalue weighted by Crippen LogP contribution is 2.17. The highest BCUT2D eigenvalue weighted by Gasteiger charge is 2.22. The van der Waals surface area contributed by atoms with E-state index in [1.807, 2.05) is 29.2 Å². The maximum atomic E-state index is 12.6. The largest absolute Gasteiger partial charge is 0.497 e. The molecule has 1 fully saturated rings. The Kier molecular flexibility index (Phi) is 8.57. The normalized spacial score (nSPS) is 13.7. The number of carboxylic acid groups (broad SMARTS) is 2. The molecule has 0 aromatic heterocycles. The summed E-state index contributed by atoms with van der Waals surface area (Å²) in [6.07, 6.45) is 0. The molecule has 2 N–H and O–H groups in total. The Balaban J connectivity index is 0.000000501. The van der Waals surface area contributed by atoms with Gasteiger partial charge in [-0.15, -0.1) is 0 Å². The first-order chi connectivity index (χ1) is 14.7. The van der Waals surface area contributed by atoms with Gasteiger partial charge in [0.05, 0.1) is 7.11 Å². The molecule has 0 bridgehead atoms. The van der Waals surface area contributed by atoms with Crippen LogP contribution in [0.25, 0.3) is 0 Å². The number of carbonyl (C=O) groups excluding carboxylic acids is 1. The number of rotatable bonds is 4. The molecule has 0 saturated carbocycles. The van der Waals surface area contributed by atoms with Crippen LogP contribution in [0, 0.1) is 13.8 Å². The summed E-state index contributed by atoms with van der Waals surface area (Å²) in [5.41, 5.74) is 4.75. The summed E-state index contributed by atoms with van der Waals surface area (Å²) >= 11 is 0. The van der Waals surface area contributed by atoms with Crippen molar-refractivity contribution >= 4 is 17.8 Å². The van der Waals surface area contributed by atoms with Gasteiger partial charge in [-0.1, -0.05) is 23.8 Å². The fourth-order valence-corrected chi connectivity index (χ4v) is 3.29. The summed E-state index contributed by atoms with van der Waals surface area (Å²) in [5, 5.41) is 14.8. The second-order valence-corrected chi connectivity index (χ2v) is 7.34. The lowest BCUT2D eigenvalue weighted by molar-refractivity contribution is -0.159. The predicted octanol–water partition coefficient (Wildman–Crippen LogP) is 2.43. The van der Waals surface area contributed by atoms with Crippen molar-refractivity contribution in [3.05, 3.63) is 64.7 Å². The van der Waals surface area contributed by atoms with Gasteiger partial charge in [0, 0.05) is 38.3 Å². The molecule has 1 saturated heterocycles. The van der Waals surface area contributed by atoms with Crippen LogP contribution in [-0.4, -0.2) is 71.1 Å². The Labute approximate surface area is 181 Å². The van der Waals surface area contributed by atoms with E-state index in [1.54, 1.807) is 7.11 Å². The Morgan fingerprint density at radius 3 is 1.97 bits per heavy atom. The summed E-state index contributed by atoms with van der Waals surface area (Å²) in [6, 6.07) is 14.0. The lowest BCUT2D eigenvalue weighted by Gasteiger charge is -2.35. The lowest BCUT2D eigenvalue weighted by Crippen LogP contribution is -2.48. The number of amides is 1. The number of methoxy groups -OCH3 is 1. The van der Waals surface area contributed by atoms with Crippen LogP contribution < -0.4 is 4.74 Å². The monoisotopic (exact) mass is 428 g/mol. The van der Waals surface area contributed by atoms with Gasteiger partial charge in [0.1, 0.15) is 5.75 Å². The van der Waals surface area contributed by atoms with Crippen molar-refractivity contribution in [2.24, 2.45) is 0 Å². The molecule has 2 aromatic carbocycles. The molecule has 0 radical (unpaired) electrons. The standard InChI is InChI=1S/C21H26N2O2.C2H2O4/c1-16-4-5-19(17(2)14-16)15-22-10-12-23(13-11-22)21(24)18-6-8-20(25-3)9-7-18;3-1(4)2(5)6/h4-9,14H,10-13,15H2,1-3H3;(H,3,4)(H,5,6). The van der Waals surface area contributed by atoms with E-state index in [4.69, 9.17) is 24.5 Å². The molecule has 166 valence electrons. The summed E-state index contributed by atoms with van der Waals surface area (Å²) in [7, 11) is 1.63. The Morgan fingerprint density at radius 1 is 0.903 bits per heavy atom. The molecule has 3 rings (SSSR count). The van der Waals surface area contributed by atoms with Gasteiger partial charge in [0.2, 0.25) is 0 Å². The van der Waals surface area contributed by atoms with Crippen molar-refractivity contribution in [3.8, 4) is 5.75 Å². The van der Waals surface area contributed by atoms with Crippen LogP contribution in [0.1, 0.15) is 27.0 Å². The number of hydrogen-bond donors (Lipinski definition) is 2. The van der Waals surface area contributed by atoms with E-state index < -0.39 is 11.9 Å². The number of benzene rings is 2. The minimum absolute atomic E-state index is 0.105. The quantitative estimate of drug-likeness (QED) is 0.720. The summed E-state index contributed by atoms with van der Waals surface area (Å²) < 4.78 is 5.15. The number of aryl methyl sites for hydroxylation is 2. The number of ether oxygens (including phenoxy) is 1. The maximum Gasteiger partial charge on any atom is 0.414 e. The molecule has 8 heteroatoms. The first-order valence-corrected chi connectivity index (χ1v) is 9.89. The predicted molar refractivity (Wildman–Crippen MR) is 115 cm³/mol. The highest BCUT2D eigenvalue weighted by molar-refractivity contribution is 6.27. The molecule has 1 aliphatic rings. The van der Waals surface area contributed by atoms with Gasteiger partial charge in [0.15, 0.2) is 0 Å². The molecular weight excluding hydrogens is 400 g/mol. The first-order valence-electron chi connectivity index (χ1n) is 9.89. The third-order valence-electron chi connectivity index (χ3n) is 5.07. The highest BCUT2D eigenvalue weighted by atomic mass is 16.5. The van der Waals surface area contributed by atoms with Gasteiger partial charge >= 0.3 is 11.9 Å². The van der Waals surface area contributed by atoms with E-state index in [2.05, 4.69) is 36.9 Å². The number of aliphatic carboxylic acids is 2. The molecule has 8 nitrogen and oxygen atoms in total. The van der Waals surface area contributed by atoms with Crippen LogP contribution >= 0.6 is 0 Å². The zero-order valence-electron chi connectivity index (χ0n) is 18.0. The number of nitrogens with zero attached hydrogens (tertiary/aromatic N) is 2. The van der Waals surface area contributed by atoms with Crippen molar-refractivity contribution < 1.29 is 29.3 Å². The molecular formula is C23H28N2O6. The van der Waals surface area contributed by atoms with Gasteiger partial charge in [-0.05, 0) is 49.2 Å². The molecule has 0 atom stereocenters. The first kappa shape index (κ1) is 23.9. The topological polar surface area (TPSA) is 107 Å². The molecule has 0 aliphatic carbocycles. The number of hydrogen-bond acceptors (Lipinski definition) is 5. The van der Waals surface area contributed by atoms with Crippen LogP contribution in [0.15, 0.2) is 42.5 Å². The van der Waals surface area contributed by atoms with Crippen molar-refractivity contribution in [1.29, 1.82) is 0 Å². The van der Waals surface area contributed by atoms with Crippen LogP contribution in [0.4, 0.5) is 0 Å². The average Bonchev–Trinajstić information content (AvgIpc) is 2.76. The van der Waals surface area contributed by atoms with Crippen LogP contribution in [0.5, 0.6) is 5.75 Å². The zero-order valence-corrected chi connectivity index (χ0v) is 18.0. The molecule has 1 heterocycles. The molecule has 1 amide bonds. The van der Waals surface area contributed by atoms with Crippen LogP contribution in [-0.2, 0) is 16.1 Å². The third-order valence-corrected chi connectivity index (χ3v) is 5.07. The van der Waals surface area contributed by atoms with Crippen molar-refractivity contribution in [3.63, 3.8) is 0 Å². The molecule has 1 aliphatic heterocycles. The van der Waals surface area contributed by atoms with Crippen molar-refractivity contribution in [2.45, 2.75) is 20.4 Å².